The summed E-state index contributed by atoms with van der Waals surface area (Å²) in [6.07, 6.45) is 0. The van der Waals surface area contributed by atoms with Gasteiger partial charge >= 0.3 is 0 Å². The van der Waals surface area contributed by atoms with Gasteiger partial charge in [-0.2, -0.15) is 0 Å². The fourth-order valence-electron chi connectivity index (χ4n) is 1.63. The van der Waals surface area contributed by atoms with Crippen molar-refractivity contribution in [2.45, 2.75) is 18.9 Å². The maximum Gasteiger partial charge on any atom is 0.162 e. The molecule has 0 aliphatic carbocycles. The number of rotatable bonds is 5. The number of anilines is 1. The molecule has 0 spiro atoms. The molecule has 1 aromatic carbocycles. The maximum atomic E-state index is 4.59. The molecule has 0 saturated carbocycles. The van der Waals surface area contributed by atoms with Gasteiger partial charge in [-0.15, -0.1) is 11.8 Å². The van der Waals surface area contributed by atoms with Gasteiger partial charge in [-0.1, -0.05) is 37.3 Å². The molecule has 0 atom stereocenters. The van der Waals surface area contributed by atoms with Crippen molar-refractivity contribution in [1.82, 2.24) is 9.97 Å². The summed E-state index contributed by atoms with van der Waals surface area (Å²) in [5.74, 6) is 2.68. The molecular formula is C14H17N3S. The third kappa shape index (κ3) is 3.23. The molecule has 0 radical (unpaired) electrons. The first-order valence-electron chi connectivity index (χ1n) is 6.14. The van der Waals surface area contributed by atoms with Crippen LogP contribution in [0.4, 0.5) is 5.82 Å². The van der Waals surface area contributed by atoms with Gasteiger partial charge < -0.3 is 5.32 Å². The summed E-state index contributed by atoms with van der Waals surface area (Å²) in [6.45, 7) is 5.06. The molecule has 0 fully saturated rings. The summed E-state index contributed by atoms with van der Waals surface area (Å²) in [7, 11) is 0. The maximum absolute atomic E-state index is 4.59. The highest BCUT2D eigenvalue weighted by Gasteiger charge is 2.06. The van der Waals surface area contributed by atoms with E-state index in [1.165, 1.54) is 0 Å². The highest BCUT2D eigenvalue weighted by atomic mass is 32.2. The fourth-order valence-corrected chi connectivity index (χ4v) is 2.28. The first-order chi connectivity index (χ1) is 8.83. The lowest BCUT2D eigenvalue weighted by Gasteiger charge is -2.08. The number of nitrogens with zero attached hydrogens (tertiary/aromatic N) is 2. The van der Waals surface area contributed by atoms with Gasteiger partial charge in [0, 0.05) is 18.2 Å². The van der Waals surface area contributed by atoms with Gasteiger partial charge in [0.05, 0.1) is 0 Å². The summed E-state index contributed by atoms with van der Waals surface area (Å²) in [5, 5.41) is 4.27. The van der Waals surface area contributed by atoms with Crippen molar-refractivity contribution in [3.8, 4) is 11.4 Å². The summed E-state index contributed by atoms with van der Waals surface area (Å²) < 4.78 is 0. The van der Waals surface area contributed by atoms with E-state index in [0.717, 1.165) is 34.5 Å². The average molecular weight is 259 g/mol. The van der Waals surface area contributed by atoms with Gasteiger partial charge in [0.1, 0.15) is 10.8 Å². The lowest BCUT2D eigenvalue weighted by atomic mass is 10.2. The Bertz CT molecular complexity index is 475. The predicted molar refractivity (Wildman–Crippen MR) is 78.0 cm³/mol. The quantitative estimate of drug-likeness (QED) is 0.656. The van der Waals surface area contributed by atoms with Crippen molar-refractivity contribution in [1.29, 1.82) is 0 Å². The van der Waals surface area contributed by atoms with Crippen LogP contribution in [0.5, 0.6) is 0 Å². The monoisotopic (exact) mass is 259 g/mol. The van der Waals surface area contributed by atoms with Crippen molar-refractivity contribution < 1.29 is 0 Å². The zero-order valence-corrected chi connectivity index (χ0v) is 11.5. The van der Waals surface area contributed by atoms with Gasteiger partial charge in [0.15, 0.2) is 5.82 Å². The molecular weight excluding hydrogens is 242 g/mol. The minimum absolute atomic E-state index is 0.782. The summed E-state index contributed by atoms with van der Waals surface area (Å²) in [5.41, 5.74) is 1.05. The summed E-state index contributed by atoms with van der Waals surface area (Å²) in [6, 6.07) is 12.1. The molecule has 0 bridgehead atoms. The number of hydrogen-bond donors (Lipinski definition) is 1. The molecule has 0 aliphatic rings. The molecule has 4 heteroatoms. The summed E-state index contributed by atoms with van der Waals surface area (Å²) >= 11 is 1.73. The van der Waals surface area contributed by atoms with Crippen LogP contribution in [0, 0.1) is 0 Å². The number of nitrogens with one attached hydrogen (secondary N) is 1. The van der Waals surface area contributed by atoms with Crippen LogP contribution in [0.3, 0.4) is 0 Å². The number of thioether (sulfide) groups is 1. The van der Waals surface area contributed by atoms with Crippen LogP contribution in [-0.2, 0) is 0 Å². The van der Waals surface area contributed by atoms with Crippen molar-refractivity contribution in [2.24, 2.45) is 0 Å². The second-order valence-electron chi connectivity index (χ2n) is 3.74. The minimum atomic E-state index is 0.782. The van der Waals surface area contributed by atoms with Crippen LogP contribution in [-0.4, -0.2) is 22.3 Å². The van der Waals surface area contributed by atoms with E-state index in [-0.39, 0.29) is 0 Å². The molecule has 0 saturated heterocycles. The van der Waals surface area contributed by atoms with E-state index >= 15 is 0 Å². The van der Waals surface area contributed by atoms with Gasteiger partial charge in [0.2, 0.25) is 0 Å². The largest absolute Gasteiger partial charge is 0.370 e. The van der Waals surface area contributed by atoms with Crippen molar-refractivity contribution in [3.63, 3.8) is 0 Å². The average Bonchev–Trinajstić information content (AvgIpc) is 2.40. The Morgan fingerprint density at radius 3 is 2.56 bits per heavy atom. The van der Waals surface area contributed by atoms with E-state index in [2.05, 4.69) is 29.1 Å². The van der Waals surface area contributed by atoms with E-state index < -0.39 is 0 Å². The number of aromatic nitrogens is 2. The Kier molecular flexibility index (Phi) is 4.59. The van der Waals surface area contributed by atoms with Crippen molar-refractivity contribution >= 4 is 17.6 Å². The van der Waals surface area contributed by atoms with Crippen LogP contribution in [0.25, 0.3) is 11.4 Å². The lowest BCUT2D eigenvalue weighted by Crippen LogP contribution is -2.02. The van der Waals surface area contributed by atoms with E-state index in [1.54, 1.807) is 11.8 Å². The molecule has 0 unspecified atom stereocenters. The molecule has 1 N–H and O–H groups in total. The first kappa shape index (κ1) is 12.9. The van der Waals surface area contributed by atoms with Crippen molar-refractivity contribution in [2.75, 3.05) is 17.6 Å². The van der Waals surface area contributed by atoms with Crippen LogP contribution in [0.15, 0.2) is 41.4 Å². The van der Waals surface area contributed by atoms with E-state index in [0.29, 0.717) is 0 Å². The highest BCUT2D eigenvalue weighted by Crippen LogP contribution is 2.23. The Hall–Kier alpha value is -1.55. The molecule has 2 aromatic rings. The minimum Gasteiger partial charge on any atom is -0.370 e. The normalized spacial score (nSPS) is 10.3. The second-order valence-corrected chi connectivity index (χ2v) is 5.03. The van der Waals surface area contributed by atoms with Crippen LogP contribution in [0.2, 0.25) is 0 Å². The van der Waals surface area contributed by atoms with Gasteiger partial charge in [-0.3, -0.25) is 0 Å². The molecule has 94 valence electrons. The zero-order valence-electron chi connectivity index (χ0n) is 10.7. The predicted octanol–water partition coefficient (Wildman–Crippen LogP) is 3.69. The Morgan fingerprint density at radius 2 is 1.89 bits per heavy atom. The molecule has 18 heavy (non-hydrogen) atoms. The Labute approximate surface area is 112 Å². The standard InChI is InChI=1S/C14H17N3S/c1-3-15-12-10-13(18-4-2)17-14(16-12)11-8-6-5-7-9-11/h5-10H,3-4H2,1-2H3,(H,15,16,17). The zero-order chi connectivity index (χ0) is 12.8. The molecule has 0 amide bonds. The summed E-state index contributed by atoms with van der Waals surface area (Å²) in [4.78, 5) is 9.13. The molecule has 0 aliphatic heterocycles. The highest BCUT2D eigenvalue weighted by molar-refractivity contribution is 7.99. The molecule has 2 rings (SSSR count). The van der Waals surface area contributed by atoms with E-state index in [9.17, 15) is 0 Å². The lowest BCUT2D eigenvalue weighted by molar-refractivity contribution is 1.04. The van der Waals surface area contributed by atoms with Gasteiger partial charge in [-0.25, -0.2) is 9.97 Å². The van der Waals surface area contributed by atoms with Crippen LogP contribution in [0.1, 0.15) is 13.8 Å². The van der Waals surface area contributed by atoms with Crippen molar-refractivity contribution in [3.05, 3.63) is 36.4 Å². The molecule has 1 heterocycles. The van der Waals surface area contributed by atoms with E-state index in [1.807, 2.05) is 36.4 Å². The SMILES string of the molecule is CCNc1cc(SCC)nc(-c2ccccc2)n1. The van der Waals surface area contributed by atoms with E-state index in [4.69, 9.17) is 0 Å². The third-order valence-electron chi connectivity index (χ3n) is 2.38. The van der Waals surface area contributed by atoms with Crippen LogP contribution >= 0.6 is 11.8 Å². The second kappa shape index (κ2) is 6.40. The molecule has 3 nitrogen and oxygen atoms in total. The fraction of sp³-hybridized carbons (Fsp3) is 0.286. The first-order valence-corrected chi connectivity index (χ1v) is 7.13. The Balaban J connectivity index is 2.39. The van der Waals surface area contributed by atoms with Crippen LogP contribution < -0.4 is 5.32 Å². The number of benzene rings is 1. The number of hydrogen-bond acceptors (Lipinski definition) is 4. The third-order valence-corrected chi connectivity index (χ3v) is 3.18. The topological polar surface area (TPSA) is 37.8 Å². The molecule has 1 aromatic heterocycles. The Morgan fingerprint density at radius 1 is 1.11 bits per heavy atom. The van der Waals surface area contributed by atoms with Gasteiger partial charge in [0.25, 0.3) is 0 Å². The smallest absolute Gasteiger partial charge is 0.162 e. The van der Waals surface area contributed by atoms with Gasteiger partial charge in [-0.05, 0) is 12.7 Å².